The first-order chi connectivity index (χ1) is 13.0. The lowest BCUT2D eigenvalue weighted by Crippen LogP contribution is -2.14. The number of hydrogen-bond acceptors (Lipinski definition) is 4. The van der Waals surface area contributed by atoms with Crippen LogP contribution in [0.1, 0.15) is 10.4 Å². The number of aromatic nitrogens is 2. The minimum Gasteiger partial charge on any atom is -0.493 e. The number of benzene rings is 2. The maximum atomic E-state index is 12.6. The number of hydrogen-bond donors (Lipinski definition) is 1. The first-order valence-corrected chi connectivity index (χ1v) is 8.51. The molecule has 1 amide bonds. The van der Waals surface area contributed by atoms with Gasteiger partial charge in [0.2, 0.25) is 0 Å². The number of carbonyl (C=O) groups is 1. The third-order valence-electron chi connectivity index (χ3n) is 3.59. The van der Waals surface area contributed by atoms with Gasteiger partial charge in [0, 0.05) is 11.8 Å². The highest BCUT2D eigenvalue weighted by molar-refractivity contribution is 9.10. The lowest BCUT2D eigenvalue weighted by atomic mass is 10.1. The Labute approximate surface area is 161 Å². The van der Waals surface area contributed by atoms with E-state index >= 15 is 0 Å². The van der Waals surface area contributed by atoms with Crippen LogP contribution in [0.15, 0.2) is 59.3 Å². The summed E-state index contributed by atoms with van der Waals surface area (Å²) in [5, 5.41) is 6.95. The van der Waals surface area contributed by atoms with Gasteiger partial charge in [-0.05, 0) is 46.3 Å². The first-order valence-electron chi connectivity index (χ1n) is 7.71. The predicted octanol–water partition coefficient (Wildman–Crippen LogP) is 4.50. The van der Waals surface area contributed by atoms with Crippen LogP contribution in [0.4, 0.5) is 14.5 Å². The summed E-state index contributed by atoms with van der Waals surface area (Å²) in [5.74, 6) is -0.603. The van der Waals surface area contributed by atoms with E-state index < -0.39 is 12.5 Å². The van der Waals surface area contributed by atoms with Crippen LogP contribution in [-0.2, 0) is 0 Å². The van der Waals surface area contributed by atoms with E-state index in [0.717, 1.165) is 4.47 Å². The quantitative estimate of drug-likeness (QED) is 0.616. The standard InChI is InChI=1S/C18H14BrF2N3O3/c1-26-15-7-6-11(8-16(15)27-18(20)21)17(25)23-13-4-2-3-5-14(13)24-10-12(19)9-22-24/h2-10,18H,1H3,(H,23,25). The normalized spacial score (nSPS) is 10.7. The van der Waals surface area contributed by atoms with Crippen molar-refractivity contribution in [2.75, 3.05) is 12.4 Å². The Morgan fingerprint density at radius 1 is 1.22 bits per heavy atom. The third kappa shape index (κ3) is 4.43. The van der Waals surface area contributed by atoms with Crippen molar-refractivity contribution < 1.29 is 23.0 Å². The van der Waals surface area contributed by atoms with Gasteiger partial charge in [-0.1, -0.05) is 12.1 Å². The van der Waals surface area contributed by atoms with Crippen molar-refractivity contribution in [3.8, 4) is 17.2 Å². The van der Waals surface area contributed by atoms with Crippen LogP contribution in [0.5, 0.6) is 11.5 Å². The van der Waals surface area contributed by atoms with E-state index in [0.29, 0.717) is 11.4 Å². The Morgan fingerprint density at radius 2 is 2.00 bits per heavy atom. The second kappa shape index (κ2) is 8.17. The molecule has 0 bridgehead atoms. The van der Waals surface area contributed by atoms with Crippen LogP contribution in [0.25, 0.3) is 5.69 Å². The fourth-order valence-electron chi connectivity index (χ4n) is 2.41. The van der Waals surface area contributed by atoms with Crippen molar-refractivity contribution in [3.05, 3.63) is 64.9 Å². The van der Waals surface area contributed by atoms with Crippen molar-refractivity contribution >= 4 is 27.5 Å². The van der Waals surface area contributed by atoms with E-state index in [1.165, 1.54) is 25.3 Å². The van der Waals surface area contributed by atoms with Crippen molar-refractivity contribution in [3.63, 3.8) is 0 Å². The van der Waals surface area contributed by atoms with E-state index in [1.54, 1.807) is 35.3 Å². The average Bonchev–Trinajstić information content (AvgIpc) is 3.07. The third-order valence-corrected chi connectivity index (χ3v) is 4.00. The molecule has 0 aliphatic heterocycles. The zero-order valence-electron chi connectivity index (χ0n) is 14.0. The minimum atomic E-state index is -3.03. The maximum absolute atomic E-state index is 12.6. The van der Waals surface area contributed by atoms with Crippen molar-refractivity contribution in [1.82, 2.24) is 9.78 Å². The number of nitrogens with one attached hydrogen (secondary N) is 1. The summed E-state index contributed by atoms with van der Waals surface area (Å²) in [6, 6.07) is 11.1. The van der Waals surface area contributed by atoms with E-state index in [1.807, 2.05) is 6.07 Å². The molecule has 27 heavy (non-hydrogen) atoms. The molecule has 0 aliphatic rings. The van der Waals surface area contributed by atoms with Crippen LogP contribution in [0.2, 0.25) is 0 Å². The number of rotatable bonds is 6. The molecular weight excluding hydrogens is 424 g/mol. The number of ether oxygens (including phenoxy) is 2. The highest BCUT2D eigenvalue weighted by Crippen LogP contribution is 2.30. The molecule has 0 atom stereocenters. The largest absolute Gasteiger partial charge is 0.493 e. The molecule has 0 aliphatic carbocycles. The van der Waals surface area contributed by atoms with Crippen LogP contribution in [-0.4, -0.2) is 29.4 Å². The summed E-state index contributed by atoms with van der Waals surface area (Å²) >= 11 is 3.32. The smallest absolute Gasteiger partial charge is 0.387 e. The fourth-order valence-corrected chi connectivity index (χ4v) is 2.70. The van der Waals surface area contributed by atoms with Crippen LogP contribution in [0, 0.1) is 0 Å². The predicted molar refractivity (Wildman–Crippen MR) is 98.8 cm³/mol. The molecule has 0 unspecified atom stereocenters. The second-order valence-corrected chi connectivity index (χ2v) is 6.23. The van der Waals surface area contributed by atoms with Gasteiger partial charge < -0.3 is 14.8 Å². The molecule has 3 aromatic rings. The zero-order valence-corrected chi connectivity index (χ0v) is 15.6. The van der Waals surface area contributed by atoms with Gasteiger partial charge in [-0.2, -0.15) is 13.9 Å². The zero-order chi connectivity index (χ0) is 19.4. The summed E-state index contributed by atoms with van der Waals surface area (Å²) in [4.78, 5) is 12.6. The van der Waals surface area contributed by atoms with Gasteiger partial charge in [-0.15, -0.1) is 0 Å². The van der Waals surface area contributed by atoms with Gasteiger partial charge in [-0.25, -0.2) is 4.68 Å². The van der Waals surface area contributed by atoms with E-state index in [2.05, 4.69) is 31.1 Å². The lowest BCUT2D eigenvalue weighted by Gasteiger charge is -2.13. The molecule has 140 valence electrons. The molecule has 2 aromatic carbocycles. The molecule has 1 aromatic heterocycles. The molecule has 3 rings (SSSR count). The number of para-hydroxylation sites is 2. The molecule has 0 fully saturated rings. The second-order valence-electron chi connectivity index (χ2n) is 5.32. The van der Waals surface area contributed by atoms with Gasteiger partial charge in [0.15, 0.2) is 11.5 Å². The summed E-state index contributed by atoms with van der Waals surface area (Å²) in [6.07, 6.45) is 3.36. The molecule has 1 N–H and O–H groups in total. The van der Waals surface area contributed by atoms with Crippen molar-refractivity contribution in [1.29, 1.82) is 0 Å². The highest BCUT2D eigenvalue weighted by Gasteiger charge is 2.16. The summed E-state index contributed by atoms with van der Waals surface area (Å²) < 4.78 is 36.9. The Kier molecular flexibility index (Phi) is 5.70. The molecule has 0 saturated heterocycles. The Hall–Kier alpha value is -2.94. The van der Waals surface area contributed by atoms with Gasteiger partial charge in [0.1, 0.15) is 0 Å². The number of carbonyl (C=O) groups excluding carboxylic acids is 1. The summed E-state index contributed by atoms with van der Waals surface area (Å²) in [5.41, 5.74) is 1.29. The van der Waals surface area contributed by atoms with Gasteiger partial charge in [0.05, 0.1) is 29.2 Å². The number of amides is 1. The Morgan fingerprint density at radius 3 is 2.67 bits per heavy atom. The van der Waals surface area contributed by atoms with E-state index in [-0.39, 0.29) is 17.1 Å². The van der Waals surface area contributed by atoms with Gasteiger partial charge in [0.25, 0.3) is 5.91 Å². The van der Waals surface area contributed by atoms with Gasteiger partial charge >= 0.3 is 6.61 Å². The molecule has 9 heteroatoms. The van der Waals surface area contributed by atoms with Crippen molar-refractivity contribution in [2.45, 2.75) is 6.61 Å². The molecule has 0 saturated carbocycles. The van der Waals surface area contributed by atoms with E-state index in [4.69, 9.17) is 4.74 Å². The summed E-state index contributed by atoms with van der Waals surface area (Å²) in [7, 11) is 1.33. The van der Waals surface area contributed by atoms with Crippen molar-refractivity contribution in [2.24, 2.45) is 0 Å². The topological polar surface area (TPSA) is 65.4 Å². The summed E-state index contributed by atoms with van der Waals surface area (Å²) in [6.45, 7) is -3.03. The molecule has 1 heterocycles. The number of nitrogens with zero attached hydrogens (tertiary/aromatic N) is 2. The van der Waals surface area contributed by atoms with E-state index in [9.17, 15) is 13.6 Å². The van der Waals surface area contributed by atoms with Gasteiger partial charge in [-0.3, -0.25) is 4.79 Å². The number of methoxy groups -OCH3 is 1. The maximum Gasteiger partial charge on any atom is 0.387 e. The monoisotopic (exact) mass is 437 g/mol. The first kappa shape index (κ1) is 18.8. The molecule has 0 spiro atoms. The Bertz CT molecular complexity index is 963. The molecule has 6 nitrogen and oxygen atoms in total. The van der Waals surface area contributed by atoms with Crippen LogP contribution < -0.4 is 14.8 Å². The van der Waals surface area contributed by atoms with Crippen LogP contribution in [0.3, 0.4) is 0 Å². The Balaban J connectivity index is 1.88. The SMILES string of the molecule is COc1ccc(C(=O)Nc2ccccc2-n2cc(Br)cn2)cc1OC(F)F. The molecular formula is C18H14BrF2N3O3. The minimum absolute atomic E-state index is 0.105. The number of halogens is 3. The fraction of sp³-hybridized carbons (Fsp3) is 0.111. The number of anilines is 1. The number of alkyl halides is 2. The lowest BCUT2D eigenvalue weighted by molar-refractivity contribution is -0.0512. The average molecular weight is 438 g/mol. The highest BCUT2D eigenvalue weighted by atomic mass is 79.9. The van der Waals surface area contributed by atoms with Crippen LogP contribution >= 0.6 is 15.9 Å². The molecule has 0 radical (unpaired) electrons.